The fraction of sp³-hybridized carbons (Fsp3) is 0.529. The fourth-order valence-electron chi connectivity index (χ4n) is 3.20. The Balaban J connectivity index is 1.31. The van der Waals surface area contributed by atoms with Crippen LogP contribution in [0.15, 0.2) is 24.3 Å². The van der Waals surface area contributed by atoms with E-state index in [4.69, 9.17) is 11.6 Å². The molecule has 3 amide bonds. The van der Waals surface area contributed by atoms with E-state index in [2.05, 4.69) is 16.0 Å². The normalized spacial score (nSPS) is 25.0. The van der Waals surface area contributed by atoms with E-state index < -0.39 is 0 Å². The molecule has 130 valence electrons. The second kappa shape index (κ2) is 8.12. The highest BCUT2D eigenvalue weighted by Gasteiger charge is 2.42. The van der Waals surface area contributed by atoms with Gasteiger partial charge in [-0.3, -0.25) is 4.79 Å². The van der Waals surface area contributed by atoms with Gasteiger partial charge in [0, 0.05) is 29.0 Å². The lowest BCUT2D eigenvalue weighted by molar-refractivity contribution is -0.121. The lowest BCUT2D eigenvalue weighted by Crippen LogP contribution is -2.36. The second-order valence-corrected chi connectivity index (χ2v) is 7.92. The van der Waals surface area contributed by atoms with Gasteiger partial charge in [0.15, 0.2) is 0 Å². The zero-order valence-corrected chi connectivity index (χ0v) is 15.0. The van der Waals surface area contributed by atoms with Gasteiger partial charge in [0.2, 0.25) is 5.91 Å². The quantitative estimate of drug-likeness (QED) is 0.512. The van der Waals surface area contributed by atoms with Gasteiger partial charge in [-0.25, -0.2) is 4.79 Å². The summed E-state index contributed by atoms with van der Waals surface area (Å²) in [6, 6.07) is 8.00. The molecule has 2 fully saturated rings. The summed E-state index contributed by atoms with van der Waals surface area (Å²) >= 11 is 7.99. The van der Waals surface area contributed by atoms with Gasteiger partial charge < -0.3 is 16.0 Å². The largest absolute Gasteiger partial charge is 0.352 e. The number of halogens is 1. The first-order chi connectivity index (χ1) is 11.6. The Morgan fingerprint density at radius 2 is 2.12 bits per heavy atom. The van der Waals surface area contributed by atoms with Crippen molar-refractivity contribution in [1.29, 1.82) is 0 Å². The number of benzene rings is 1. The molecule has 3 rings (SSSR count). The van der Waals surface area contributed by atoms with Crippen LogP contribution < -0.4 is 16.0 Å². The molecule has 0 spiro atoms. The minimum Gasteiger partial charge on any atom is -0.352 e. The molecule has 0 radical (unpaired) electrons. The second-order valence-electron chi connectivity index (χ2n) is 6.24. The topological polar surface area (TPSA) is 70.2 Å². The van der Waals surface area contributed by atoms with Crippen molar-refractivity contribution in [2.75, 3.05) is 5.75 Å². The number of urea groups is 1. The van der Waals surface area contributed by atoms with E-state index in [0.717, 1.165) is 30.6 Å². The van der Waals surface area contributed by atoms with Crippen LogP contribution in [0.4, 0.5) is 4.79 Å². The van der Waals surface area contributed by atoms with Crippen LogP contribution in [0.5, 0.6) is 0 Å². The zero-order chi connectivity index (χ0) is 16.9. The summed E-state index contributed by atoms with van der Waals surface area (Å²) in [6.07, 6.45) is 3.42. The van der Waals surface area contributed by atoms with Gasteiger partial charge in [-0.15, -0.1) is 0 Å². The Morgan fingerprint density at radius 1 is 1.29 bits per heavy atom. The summed E-state index contributed by atoms with van der Waals surface area (Å²) in [4.78, 5) is 23.3. The molecule has 0 bridgehead atoms. The highest BCUT2D eigenvalue weighted by atomic mass is 35.5. The number of amides is 3. The summed E-state index contributed by atoms with van der Waals surface area (Å²) in [6.45, 7) is 0.471. The molecular weight excluding hydrogens is 346 g/mol. The number of carbonyl (C=O) groups excluding carboxylic acids is 2. The Labute approximate surface area is 151 Å². The molecule has 3 N–H and O–H groups in total. The third-order valence-corrected chi connectivity index (χ3v) is 6.39. The van der Waals surface area contributed by atoms with Gasteiger partial charge >= 0.3 is 6.03 Å². The number of hydrogen-bond donors (Lipinski definition) is 3. The summed E-state index contributed by atoms with van der Waals surface area (Å²) in [7, 11) is 0. The lowest BCUT2D eigenvalue weighted by Gasteiger charge is -2.16. The molecule has 5 nitrogen and oxygen atoms in total. The number of hydrogen-bond acceptors (Lipinski definition) is 3. The van der Waals surface area contributed by atoms with Crippen molar-refractivity contribution in [3.63, 3.8) is 0 Å². The third kappa shape index (κ3) is 4.36. The molecule has 2 heterocycles. The lowest BCUT2D eigenvalue weighted by atomic mass is 10.0. The molecule has 2 aliphatic heterocycles. The molecule has 0 aromatic heterocycles. The van der Waals surface area contributed by atoms with Crippen LogP contribution in [-0.2, 0) is 11.3 Å². The van der Waals surface area contributed by atoms with Crippen molar-refractivity contribution in [3.05, 3.63) is 34.9 Å². The van der Waals surface area contributed by atoms with Crippen molar-refractivity contribution in [2.45, 2.75) is 49.6 Å². The molecule has 1 aromatic carbocycles. The average molecular weight is 368 g/mol. The first kappa shape index (κ1) is 17.4. The van der Waals surface area contributed by atoms with Gasteiger partial charge in [0.05, 0.1) is 12.1 Å². The van der Waals surface area contributed by atoms with Crippen LogP contribution in [0, 0.1) is 0 Å². The smallest absolute Gasteiger partial charge is 0.315 e. The molecular formula is C17H22ClN3O2S. The van der Waals surface area contributed by atoms with Gasteiger partial charge in [-0.1, -0.05) is 36.2 Å². The minimum absolute atomic E-state index is 0.0470. The molecule has 3 atom stereocenters. The number of unbranched alkanes of at least 4 members (excludes halogenated alkanes) is 1. The van der Waals surface area contributed by atoms with Crippen molar-refractivity contribution >= 4 is 35.3 Å². The predicted octanol–water partition coefficient (Wildman–Crippen LogP) is 2.68. The number of carbonyl (C=O) groups is 2. The Morgan fingerprint density at radius 3 is 2.96 bits per heavy atom. The van der Waals surface area contributed by atoms with E-state index in [-0.39, 0.29) is 24.0 Å². The molecule has 7 heteroatoms. The highest BCUT2D eigenvalue weighted by molar-refractivity contribution is 8.00. The van der Waals surface area contributed by atoms with Crippen LogP contribution in [-0.4, -0.2) is 35.0 Å². The maximum atomic E-state index is 11.9. The Hall–Kier alpha value is -1.40. The van der Waals surface area contributed by atoms with Gasteiger partial charge in [0.25, 0.3) is 0 Å². The van der Waals surface area contributed by atoms with E-state index in [1.54, 1.807) is 0 Å². The molecule has 2 saturated heterocycles. The molecule has 1 aromatic rings. The standard InChI is InChI=1S/C17H22ClN3O2S/c18-12-6-2-1-5-11(12)9-19-15(22)8-4-3-7-14-16-13(10-24-14)20-17(23)21-16/h1-2,5-6,13-14,16H,3-4,7-10H2,(H,19,22)(H2,20,21,23)/t13-,14-,16+/m0/s1. The maximum Gasteiger partial charge on any atom is 0.315 e. The SMILES string of the molecule is O=C(CCCC[C@@H]1SC[C@@H]2NC(=O)N[C@H]21)NCc1ccccc1Cl. The van der Waals surface area contributed by atoms with E-state index >= 15 is 0 Å². The first-order valence-corrected chi connectivity index (χ1v) is 9.75. The van der Waals surface area contributed by atoms with Gasteiger partial charge in [-0.2, -0.15) is 11.8 Å². The molecule has 2 aliphatic rings. The van der Waals surface area contributed by atoms with Crippen molar-refractivity contribution in [2.24, 2.45) is 0 Å². The van der Waals surface area contributed by atoms with Crippen LogP contribution >= 0.6 is 23.4 Å². The van der Waals surface area contributed by atoms with E-state index in [9.17, 15) is 9.59 Å². The fourth-order valence-corrected chi connectivity index (χ4v) is 4.94. The van der Waals surface area contributed by atoms with Crippen LogP contribution in [0.1, 0.15) is 31.2 Å². The Kier molecular flexibility index (Phi) is 5.89. The van der Waals surface area contributed by atoms with Gasteiger partial charge in [0.1, 0.15) is 0 Å². The third-order valence-electron chi connectivity index (χ3n) is 4.51. The van der Waals surface area contributed by atoms with Crippen LogP contribution in [0.3, 0.4) is 0 Å². The Bertz CT molecular complexity index is 613. The first-order valence-electron chi connectivity index (χ1n) is 8.32. The summed E-state index contributed by atoms with van der Waals surface area (Å²) in [5.74, 6) is 1.04. The van der Waals surface area contributed by atoms with Crippen LogP contribution in [0.2, 0.25) is 5.02 Å². The molecule has 0 unspecified atom stereocenters. The highest BCUT2D eigenvalue weighted by Crippen LogP contribution is 2.33. The number of nitrogens with one attached hydrogen (secondary N) is 3. The summed E-state index contributed by atoms with van der Waals surface area (Å²) < 4.78 is 0. The van der Waals surface area contributed by atoms with E-state index in [1.807, 2.05) is 36.0 Å². The van der Waals surface area contributed by atoms with E-state index in [1.165, 1.54) is 0 Å². The number of thioether (sulfide) groups is 1. The summed E-state index contributed by atoms with van der Waals surface area (Å²) in [5.41, 5.74) is 0.936. The van der Waals surface area contributed by atoms with E-state index in [0.29, 0.717) is 23.2 Å². The van der Waals surface area contributed by atoms with Crippen molar-refractivity contribution < 1.29 is 9.59 Å². The molecule has 0 saturated carbocycles. The van der Waals surface area contributed by atoms with Crippen molar-refractivity contribution in [1.82, 2.24) is 16.0 Å². The minimum atomic E-state index is -0.0470. The predicted molar refractivity (Wildman–Crippen MR) is 97.3 cm³/mol. The number of rotatable bonds is 7. The monoisotopic (exact) mass is 367 g/mol. The van der Waals surface area contributed by atoms with Crippen molar-refractivity contribution in [3.8, 4) is 0 Å². The van der Waals surface area contributed by atoms with Crippen LogP contribution in [0.25, 0.3) is 0 Å². The summed E-state index contributed by atoms with van der Waals surface area (Å²) in [5, 5.41) is 9.99. The zero-order valence-electron chi connectivity index (χ0n) is 13.4. The average Bonchev–Trinajstić information content (AvgIpc) is 3.10. The number of fused-ring (bicyclic) bond motifs is 1. The maximum absolute atomic E-state index is 11.9. The molecule has 0 aliphatic carbocycles. The molecule has 24 heavy (non-hydrogen) atoms. The van der Waals surface area contributed by atoms with Gasteiger partial charge in [-0.05, 0) is 24.5 Å².